The fourth-order valence-electron chi connectivity index (χ4n) is 1.34. The van der Waals surface area contributed by atoms with Gasteiger partial charge in [0.25, 0.3) is 0 Å². The van der Waals surface area contributed by atoms with Crippen LogP contribution in [0.25, 0.3) is 5.73 Å². The van der Waals surface area contributed by atoms with Crippen LogP contribution in [0.15, 0.2) is 16.7 Å². The summed E-state index contributed by atoms with van der Waals surface area (Å²) in [7, 11) is 0.750. The van der Waals surface area contributed by atoms with Crippen molar-refractivity contribution in [1.29, 1.82) is 0 Å². The smallest absolute Gasteiger partial charge is 1.00 e. The van der Waals surface area contributed by atoms with Gasteiger partial charge in [-0.3, -0.25) is 6.08 Å². The Hall–Kier alpha value is 1.12. The van der Waals surface area contributed by atoms with E-state index in [1.54, 1.807) is 0 Å². The second-order valence-electron chi connectivity index (χ2n) is 4.48. The summed E-state index contributed by atoms with van der Waals surface area (Å²) in [5.41, 5.74) is 10.8. The average molecular weight is 415 g/mol. The van der Waals surface area contributed by atoms with Crippen molar-refractivity contribution in [3.8, 4) is 0 Å². The Balaban J connectivity index is -0.0000000601. The molecular weight excluding hydrogens is 384 g/mol. The molecule has 5 heteroatoms. The molecule has 20 heavy (non-hydrogen) atoms. The summed E-state index contributed by atoms with van der Waals surface area (Å²) in [6.45, 7) is 15.8. The molecule has 1 aliphatic rings. The van der Waals surface area contributed by atoms with E-state index in [1.165, 1.54) is 16.7 Å². The van der Waals surface area contributed by atoms with Crippen LogP contribution < -0.4 is 24.8 Å². The minimum atomic E-state index is 0. The molecule has 1 atom stereocenters. The first kappa shape index (κ1) is 32.9. The first-order valence-corrected chi connectivity index (χ1v) is 8.93. The van der Waals surface area contributed by atoms with Gasteiger partial charge < -0.3 is 30.5 Å². The van der Waals surface area contributed by atoms with Gasteiger partial charge in [0.2, 0.25) is 0 Å². The maximum absolute atomic E-state index is 6.60. The zero-order chi connectivity index (χ0) is 13.8. The van der Waals surface area contributed by atoms with Crippen LogP contribution in [0.4, 0.5) is 0 Å². The molecule has 0 aliphatic heterocycles. The van der Waals surface area contributed by atoms with Crippen molar-refractivity contribution in [2.24, 2.45) is 5.92 Å². The molecule has 0 aromatic heterocycles. The second kappa shape index (κ2) is 22.4. The fourth-order valence-corrected chi connectivity index (χ4v) is 1.34. The van der Waals surface area contributed by atoms with Gasteiger partial charge in [0.1, 0.15) is 0 Å². The third kappa shape index (κ3) is 17.2. The van der Waals surface area contributed by atoms with Gasteiger partial charge in [-0.1, -0.05) is 59.5 Å². The van der Waals surface area contributed by atoms with E-state index in [0.717, 1.165) is 22.4 Å². The molecule has 0 fully saturated rings. The average Bonchev–Trinajstić information content (AvgIpc) is 2.49. The topological polar surface area (TPSA) is 23.8 Å². The van der Waals surface area contributed by atoms with Crippen LogP contribution in [-0.4, -0.2) is 16.1 Å². The number of halogens is 2. The predicted octanol–water partition coefficient (Wildman–Crippen LogP) is -0.915. The Morgan fingerprint density at radius 3 is 1.60 bits per heavy atom. The molecule has 1 nitrogen and oxygen atoms in total. The van der Waals surface area contributed by atoms with Crippen molar-refractivity contribution < 1.29 is 51.0 Å². The first-order chi connectivity index (χ1) is 7.95. The minimum Gasteiger partial charge on any atom is -1.00 e. The van der Waals surface area contributed by atoms with Crippen LogP contribution in [0, 0.1) is 12.0 Å². The zero-order valence-corrected chi connectivity index (χ0v) is 19.2. The van der Waals surface area contributed by atoms with Crippen LogP contribution in [0.1, 0.15) is 47.5 Å². The van der Waals surface area contributed by atoms with E-state index in [2.05, 4.69) is 53.8 Å². The molecule has 0 aromatic rings. The minimum absolute atomic E-state index is 0. The molecule has 1 N–H and O–H groups in total. The number of hydrogen-bond acceptors (Lipinski definition) is 0. The van der Waals surface area contributed by atoms with E-state index in [0.29, 0.717) is 12.5 Å². The Labute approximate surface area is 161 Å². The van der Waals surface area contributed by atoms with Crippen molar-refractivity contribution in [3.63, 3.8) is 0 Å². The molecule has 117 valence electrons. The largest absolute Gasteiger partial charge is 4.00 e. The number of rotatable bonds is 2. The summed E-state index contributed by atoms with van der Waals surface area (Å²) >= 11 is 0. The Morgan fingerprint density at radius 1 is 1.15 bits per heavy atom. The molecular formula is C15H30Cl2NSiZr. The van der Waals surface area contributed by atoms with E-state index < -0.39 is 0 Å². The maximum Gasteiger partial charge on any atom is 4.00 e. The molecule has 0 spiro atoms. The predicted molar refractivity (Wildman–Crippen MR) is 82.9 cm³/mol. The third-order valence-electron chi connectivity index (χ3n) is 2.77. The molecule has 0 saturated heterocycles. The Morgan fingerprint density at radius 2 is 1.55 bits per heavy atom. The molecule has 1 rings (SSSR count). The summed E-state index contributed by atoms with van der Waals surface area (Å²) < 4.78 is 0. The molecule has 1 unspecified atom stereocenters. The van der Waals surface area contributed by atoms with E-state index in [9.17, 15) is 0 Å². The van der Waals surface area contributed by atoms with Crippen molar-refractivity contribution in [2.45, 2.75) is 60.6 Å². The summed E-state index contributed by atoms with van der Waals surface area (Å²) in [6.07, 6.45) is 5.57. The van der Waals surface area contributed by atoms with E-state index in [-0.39, 0.29) is 51.0 Å². The summed E-state index contributed by atoms with van der Waals surface area (Å²) in [5.74, 6) is 0.560. The zero-order valence-electron chi connectivity index (χ0n) is 14.0. The van der Waals surface area contributed by atoms with Crippen LogP contribution in [0.2, 0.25) is 13.1 Å². The van der Waals surface area contributed by atoms with E-state index in [1.807, 2.05) is 0 Å². The summed E-state index contributed by atoms with van der Waals surface area (Å²) in [5, 5.41) is 0. The van der Waals surface area contributed by atoms with Gasteiger partial charge in [-0.05, 0) is 0 Å². The van der Waals surface area contributed by atoms with Gasteiger partial charge >= 0.3 is 26.2 Å². The van der Waals surface area contributed by atoms with Crippen LogP contribution in [-0.2, 0) is 26.2 Å². The SMILES string of the molecule is CC1=[C-]C(C)C(C)=C1C.CCCC[NH-].C[SiH]C.[Cl-].[Cl-].[Zr+4]. The molecule has 1 radical (unpaired) electrons. The molecule has 0 heterocycles. The van der Waals surface area contributed by atoms with Crippen molar-refractivity contribution in [2.75, 3.05) is 6.54 Å². The van der Waals surface area contributed by atoms with Crippen LogP contribution in [0.3, 0.4) is 0 Å². The van der Waals surface area contributed by atoms with E-state index in [4.69, 9.17) is 5.73 Å². The molecule has 0 bridgehead atoms. The number of unbranched alkanes of at least 4 members (excludes halogenated alkanes) is 1. The monoisotopic (exact) mass is 412 g/mol. The molecule has 0 aromatic carbocycles. The second-order valence-corrected chi connectivity index (χ2v) is 5.63. The van der Waals surface area contributed by atoms with Gasteiger partial charge in [-0.25, -0.2) is 5.57 Å². The van der Waals surface area contributed by atoms with Crippen LogP contribution >= 0.6 is 0 Å². The molecule has 0 amide bonds. The molecule has 0 saturated carbocycles. The number of nitrogens with one attached hydrogen (secondary N) is 1. The Kier molecular flexibility index (Phi) is 36.9. The normalized spacial score (nSPS) is 15.2. The fraction of sp³-hybridized carbons (Fsp3) is 0.733. The first-order valence-electron chi connectivity index (χ1n) is 6.62. The van der Waals surface area contributed by atoms with Crippen molar-refractivity contribution in [1.82, 2.24) is 0 Å². The standard InChI is InChI=1S/C9H13.C4H10N.C2H7Si.2ClH.Zr/c1-6-5-7(2)9(4)8(6)3;1-2-3-4-5;1-3-2;;;/h6H,1-4H3;5H,2-4H2,1H3;3H,1-2H3;2*1H;/q2*-1;;;;+4/p-2. The van der Waals surface area contributed by atoms with Gasteiger partial charge in [0.15, 0.2) is 0 Å². The quantitative estimate of drug-likeness (QED) is 0.413. The Bertz CT molecular complexity index is 254. The van der Waals surface area contributed by atoms with Crippen molar-refractivity contribution in [3.05, 3.63) is 28.5 Å². The number of allylic oxidation sites excluding steroid dienone is 4. The summed E-state index contributed by atoms with van der Waals surface area (Å²) in [6, 6.07) is 0. The third-order valence-corrected chi connectivity index (χ3v) is 2.77. The molecule has 1 aliphatic carbocycles. The van der Waals surface area contributed by atoms with Gasteiger partial charge in [0, 0.05) is 9.52 Å². The van der Waals surface area contributed by atoms with Gasteiger partial charge in [-0.15, -0.1) is 6.92 Å². The maximum atomic E-state index is 6.60. The van der Waals surface area contributed by atoms with E-state index >= 15 is 0 Å². The van der Waals surface area contributed by atoms with Crippen molar-refractivity contribution >= 4 is 9.52 Å². The number of hydrogen-bond donors (Lipinski definition) is 0. The summed E-state index contributed by atoms with van der Waals surface area (Å²) in [4.78, 5) is 0. The van der Waals surface area contributed by atoms with Crippen LogP contribution in [0.5, 0.6) is 0 Å². The van der Waals surface area contributed by atoms with Gasteiger partial charge in [-0.2, -0.15) is 17.7 Å². The van der Waals surface area contributed by atoms with Gasteiger partial charge in [0.05, 0.1) is 0 Å².